The van der Waals surface area contributed by atoms with Gasteiger partial charge < -0.3 is 4.90 Å². The summed E-state index contributed by atoms with van der Waals surface area (Å²) in [6, 6.07) is 20.1. The number of carbonyl (C=O) groups is 1. The van der Waals surface area contributed by atoms with Crippen molar-refractivity contribution in [2.75, 3.05) is 7.05 Å². The lowest BCUT2D eigenvalue weighted by atomic mass is 10.1. The van der Waals surface area contributed by atoms with Gasteiger partial charge in [-0.25, -0.2) is 0 Å². The molecule has 1 aliphatic heterocycles. The predicted molar refractivity (Wildman–Crippen MR) is 79.0 cm³/mol. The molecule has 1 fully saturated rings. The van der Waals surface area contributed by atoms with E-state index in [-0.39, 0.29) is 18.1 Å². The second kappa shape index (κ2) is 5.47. The van der Waals surface area contributed by atoms with E-state index in [4.69, 9.17) is 0 Å². The Morgan fingerprint density at radius 1 is 1.00 bits per heavy atom. The van der Waals surface area contributed by atoms with Crippen molar-refractivity contribution in [1.29, 1.82) is 0 Å². The third-order valence-electron chi connectivity index (χ3n) is 3.79. The zero-order chi connectivity index (χ0) is 13.9. The fourth-order valence-corrected chi connectivity index (χ4v) is 2.70. The van der Waals surface area contributed by atoms with Crippen LogP contribution in [0, 0.1) is 0 Å². The highest BCUT2D eigenvalue weighted by Crippen LogP contribution is 2.24. The van der Waals surface area contributed by atoms with E-state index in [1.807, 2.05) is 55.6 Å². The van der Waals surface area contributed by atoms with E-state index in [9.17, 15) is 4.79 Å². The first-order valence-corrected chi connectivity index (χ1v) is 6.87. The van der Waals surface area contributed by atoms with Gasteiger partial charge >= 0.3 is 0 Å². The molecular weight excluding hydrogens is 248 g/mol. The van der Waals surface area contributed by atoms with Crippen LogP contribution in [0.3, 0.4) is 0 Å². The Hall–Kier alpha value is -2.13. The number of hydrogen-bond donors (Lipinski definition) is 1. The average molecular weight is 266 g/mol. The zero-order valence-electron chi connectivity index (χ0n) is 11.5. The lowest BCUT2D eigenvalue weighted by Gasteiger charge is -2.19. The minimum atomic E-state index is -0.146. The Labute approximate surface area is 119 Å². The topological polar surface area (TPSA) is 32.3 Å². The minimum Gasteiger partial charge on any atom is -0.325 e. The van der Waals surface area contributed by atoms with E-state index >= 15 is 0 Å². The Balaban J connectivity index is 1.77. The van der Waals surface area contributed by atoms with Gasteiger partial charge in [-0.3, -0.25) is 10.1 Å². The van der Waals surface area contributed by atoms with Crippen LogP contribution in [0.5, 0.6) is 0 Å². The number of hydrogen-bond acceptors (Lipinski definition) is 2. The van der Waals surface area contributed by atoms with Crippen molar-refractivity contribution in [2.24, 2.45) is 0 Å². The molecule has 0 aromatic heterocycles. The molecule has 2 atom stereocenters. The number of nitrogens with one attached hydrogen (secondary N) is 1. The molecule has 20 heavy (non-hydrogen) atoms. The number of amides is 1. The zero-order valence-corrected chi connectivity index (χ0v) is 11.5. The first kappa shape index (κ1) is 12.9. The Bertz CT molecular complexity index is 582. The van der Waals surface area contributed by atoms with Crippen LogP contribution in [0.1, 0.15) is 17.3 Å². The number of benzene rings is 2. The first-order chi connectivity index (χ1) is 9.75. The van der Waals surface area contributed by atoms with Gasteiger partial charge in [-0.1, -0.05) is 60.7 Å². The van der Waals surface area contributed by atoms with Crippen molar-refractivity contribution in [3.63, 3.8) is 0 Å². The van der Waals surface area contributed by atoms with Crippen LogP contribution < -0.4 is 5.32 Å². The van der Waals surface area contributed by atoms with E-state index in [2.05, 4.69) is 17.4 Å². The summed E-state index contributed by atoms with van der Waals surface area (Å²) in [5.41, 5.74) is 2.30. The van der Waals surface area contributed by atoms with E-state index < -0.39 is 0 Å². The second-order valence-corrected chi connectivity index (χ2v) is 5.17. The van der Waals surface area contributed by atoms with Crippen LogP contribution in [-0.2, 0) is 11.2 Å². The van der Waals surface area contributed by atoms with E-state index in [1.54, 1.807) is 4.90 Å². The summed E-state index contributed by atoms with van der Waals surface area (Å²) in [6.45, 7) is 0. The SMILES string of the molecule is CN1C(=O)[C@H](Cc2ccccc2)N[C@H]1c1ccccc1. The number of rotatable bonds is 3. The molecular formula is C17H18N2O. The van der Waals surface area contributed by atoms with Gasteiger partial charge in [-0.2, -0.15) is 0 Å². The van der Waals surface area contributed by atoms with Gasteiger partial charge in [0.15, 0.2) is 0 Å². The summed E-state index contributed by atoms with van der Waals surface area (Å²) in [7, 11) is 1.86. The van der Waals surface area contributed by atoms with E-state index in [0.717, 1.165) is 12.0 Å². The molecule has 3 rings (SSSR count). The summed E-state index contributed by atoms with van der Waals surface area (Å²) in [5, 5.41) is 3.43. The molecule has 1 saturated heterocycles. The van der Waals surface area contributed by atoms with E-state index in [1.165, 1.54) is 5.56 Å². The highest BCUT2D eigenvalue weighted by Gasteiger charge is 2.36. The normalized spacial score (nSPS) is 22.2. The minimum absolute atomic E-state index is 0.0302. The van der Waals surface area contributed by atoms with Crippen molar-refractivity contribution in [2.45, 2.75) is 18.6 Å². The molecule has 2 aromatic carbocycles. The quantitative estimate of drug-likeness (QED) is 0.925. The Kier molecular flexibility index (Phi) is 3.52. The smallest absolute Gasteiger partial charge is 0.241 e. The summed E-state index contributed by atoms with van der Waals surface area (Å²) < 4.78 is 0. The first-order valence-electron chi connectivity index (χ1n) is 6.87. The third-order valence-corrected chi connectivity index (χ3v) is 3.79. The second-order valence-electron chi connectivity index (χ2n) is 5.17. The van der Waals surface area contributed by atoms with Crippen LogP contribution in [-0.4, -0.2) is 23.9 Å². The summed E-state index contributed by atoms with van der Waals surface area (Å²) in [6.07, 6.45) is 0.699. The van der Waals surface area contributed by atoms with Gasteiger partial charge in [0.05, 0.1) is 6.04 Å². The molecule has 0 radical (unpaired) electrons. The molecule has 1 N–H and O–H groups in total. The maximum Gasteiger partial charge on any atom is 0.241 e. The van der Waals surface area contributed by atoms with Crippen molar-refractivity contribution < 1.29 is 4.79 Å². The summed E-state index contributed by atoms with van der Waals surface area (Å²) >= 11 is 0. The van der Waals surface area contributed by atoms with Crippen LogP contribution in [0.4, 0.5) is 0 Å². The van der Waals surface area contributed by atoms with Gasteiger partial charge in [0.25, 0.3) is 0 Å². The molecule has 3 heteroatoms. The highest BCUT2D eigenvalue weighted by molar-refractivity contribution is 5.84. The van der Waals surface area contributed by atoms with Crippen molar-refractivity contribution in [3.05, 3.63) is 71.8 Å². The van der Waals surface area contributed by atoms with Crippen LogP contribution in [0.25, 0.3) is 0 Å². The molecule has 0 spiro atoms. The maximum atomic E-state index is 12.4. The highest BCUT2D eigenvalue weighted by atomic mass is 16.2. The van der Waals surface area contributed by atoms with Crippen LogP contribution >= 0.6 is 0 Å². The van der Waals surface area contributed by atoms with Gasteiger partial charge in [-0.15, -0.1) is 0 Å². The molecule has 0 bridgehead atoms. The van der Waals surface area contributed by atoms with Gasteiger partial charge in [0.1, 0.15) is 6.17 Å². The largest absolute Gasteiger partial charge is 0.325 e. The molecule has 0 unspecified atom stereocenters. The number of carbonyl (C=O) groups excluding carboxylic acids is 1. The summed E-state index contributed by atoms with van der Waals surface area (Å²) in [5.74, 6) is 0.155. The molecule has 1 heterocycles. The molecule has 1 amide bonds. The molecule has 102 valence electrons. The molecule has 2 aromatic rings. The predicted octanol–water partition coefficient (Wildman–Crippen LogP) is 2.36. The van der Waals surface area contributed by atoms with Gasteiger partial charge in [0, 0.05) is 7.05 Å². The molecule has 1 aliphatic rings. The van der Waals surface area contributed by atoms with Crippen molar-refractivity contribution >= 4 is 5.91 Å². The van der Waals surface area contributed by atoms with Crippen LogP contribution in [0.15, 0.2) is 60.7 Å². The monoisotopic (exact) mass is 266 g/mol. The van der Waals surface area contributed by atoms with Crippen LogP contribution in [0.2, 0.25) is 0 Å². The Morgan fingerprint density at radius 2 is 1.60 bits per heavy atom. The number of likely N-dealkylation sites (N-methyl/N-ethyl adjacent to an activating group) is 1. The van der Waals surface area contributed by atoms with Gasteiger partial charge in [0.2, 0.25) is 5.91 Å². The maximum absolute atomic E-state index is 12.4. The average Bonchev–Trinajstić information content (AvgIpc) is 2.78. The molecule has 3 nitrogen and oxygen atoms in total. The van der Waals surface area contributed by atoms with Crippen molar-refractivity contribution in [3.8, 4) is 0 Å². The fourth-order valence-electron chi connectivity index (χ4n) is 2.70. The number of nitrogens with zero attached hydrogens (tertiary/aromatic N) is 1. The van der Waals surface area contributed by atoms with E-state index in [0.29, 0.717) is 0 Å². The van der Waals surface area contributed by atoms with Crippen molar-refractivity contribution in [1.82, 2.24) is 10.2 Å². The Morgan fingerprint density at radius 3 is 2.25 bits per heavy atom. The van der Waals surface area contributed by atoms with Gasteiger partial charge in [-0.05, 0) is 17.5 Å². The lowest BCUT2D eigenvalue weighted by molar-refractivity contribution is -0.128. The third kappa shape index (κ3) is 2.45. The fraction of sp³-hybridized carbons (Fsp3) is 0.235. The molecule has 0 aliphatic carbocycles. The lowest BCUT2D eigenvalue weighted by Crippen LogP contribution is -2.31. The standard InChI is InChI=1S/C17H18N2O/c1-19-16(14-10-6-3-7-11-14)18-15(17(19)20)12-13-8-4-2-5-9-13/h2-11,15-16,18H,12H2,1H3/t15-,16+/m0/s1. The summed E-state index contributed by atoms with van der Waals surface area (Å²) in [4.78, 5) is 14.2. The molecule has 0 saturated carbocycles.